The molecule has 1 aliphatic rings. The number of hydrogen-bond donors (Lipinski definition) is 1. The van der Waals surface area contributed by atoms with Crippen molar-refractivity contribution in [2.75, 3.05) is 6.54 Å². The van der Waals surface area contributed by atoms with E-state index in [-0.39, 0.29) is 23.9 Å². The van der Waals surface area contributed by atoms with Crippen LogP contribution in [0, 0.1) is 0 Å². The summed E-state index contributed by atoms with van der Waals surface area (Å²) in [5, 5.41) is 2.63. The number of fused-ring (bicyclic) bond motifs is 1. The van der Waals surface area contributed by atoms with Gasteiger partial charge in [0.2, 0.25) is 5.91 Å². The first kappa shape index (κ1) is 23.5. The molecule has 1 heterocycles. The zero-order valence-corrected chi connectivity index (χ0v) is 18.7. The number of halogens is 3. The van der Waals surface area contributed by atoms with Gasteiger partial charge in [-0.1, -0.05) is 73.7 Å². The summed E-state index contributed by atoms with van der Waals surface area (Å²) in [6.07, 6.45) is -3.87. The Morgan fingerprint density at radius 1 is 0.971 bits per heavy atom. The first-order chi connectivity index (χ1) is 16.3. The van der Waals surface area contributed by atoms with Crippen molar-refractivity contribution in [3.8, 4) is 0 Å². The van der Waals surface area contributed by atoms with Crippen molar-refractivity contribution >= 4 is 11.8 Å². The summed E-state index contributed by atoms with van der Waals surface area (Å²) in [4.78, 5) is 27.9. The fourth-order valence-electron chi connectivity index (χ4n) is 4.39. The van der Waals surface area contributed by atoms with E-state index in [0.717, 1.165) is 11.6 Å². The van der Waals surface area contributed by atoms with E-state index in [9.17, 15) is 22.8 Å². The second-order valence-corrected chi connectivity index (χ2v) is 8.46. The number of alkyl halides is 3. The molecule has 0 saturated heterocycles. The van der Waals surface area contributed by atoms with Crippen LogP contribution in [0.2, 0.25) is 0 Å². The lowest BCUT2D eigenvalue weighted by Crippen LogP contribution is -2.39. The third kappa shape index (κ3) is 4.83. The standard InChI is InChI=1S/C27H25F3N2O2/c1-18(19-9-3-2-4-10-19)15-16-32-24(21-12-6-7-13-22(21)26(32)34)25(33)31-17-20-11-5-8-14-23(20)27(28,29)30/h2-14,18,24H,15-17H2,1H3,(H,31,33). The molecular formula is C27H25F3N2O2. The van der Waals surface area contributed by atoms with Crippen LogP contribution in [0.4, 0.5) is 13.2 Å². The van der Waals surface area contributed by atoms with Crippen LogP contribution in [-0.4, -0.2) is 23.3 Å². The molecule has 0 bridgehead atoms. The van der Waals surface area contributed by atoms with E-state index in [1.54, 1.807) is 24.3 Å². The summed E-state index contributed by atoms with van der Waals surface area (Å²) in [6.45, 7) is 2.13. The highest BCUT2D eigenvalue weighted by molar-refractivity contribution is 6.04. The number of nitrogens with one attached hydrogen (secondary N) is 1. The van der Waals surface area contributed by atoms with Crippen LogP contribution in [0.5, 0.6) is 0 Å². The molecule has 7 heteroatoms. The summed E-state index contributed by atoms with van der Waals surface area (Å²) < 4.78 is 40.0. The predicted molar refractivity (Wildman–Crippen MR) is 123 cm³/mol. The fraction of sp³-hybridized carbons (Fsp3) is 0.259. The van der Waals surface area contributed by atoms with Crippen molar-refractivity contribution in [3.63, 3.8) is 0 Å². The Balaban J connectivity index is 1.53. The van der Waals surface area contributed by atoms with E-state index in [1.165, 1.54) is 23.1 Å². The molecule has 2 unspecified atom stereocenters. The van der Waals surface area contributed by atoms with Gasteiger partial charge in [0.05, 0.1) is 5.56 Å². The lowest BCUT2D eigenvalue weighted by atomic mass is 9.97. The van der Waals surface area contributed by atoms with Crippen LogP contribution in [0.25, 0.3) is 0 Å². The Labute approximate surface area is 196 Å². The van der Waals surface area contributed by atoms with E-state index in [2.05, 4.69) is 12.2 Å². The van der Waals surface area contributed by atoms with Gasteiger partial charge in [0, 0.05) is 18.7 Å². The molecule has 4 rings (SSSR count). The van der Waals surface area contributed by atoms with Crippen LogP contribution in [0.1, 0.15) is 57.9 Å². The van der Waals surface area contributed by atoms with Crippen molar-refractivity contribution in [1.82, 2.24) is 10.2 Å². The molecule has 3 aromatic rings. The van der Waals surface area contributed by atoms with Gasteiger partial charge < -0.3 is 10.2 Å². The summed E-state index contributed by atoms with van der Waals surface area (Å²) in [5.41, 5.74) is 1.35. The lowest BCUT2D eigenvalue weighted by Gasteiger charge is -2.26. The van der Waals surface area contributed by atoms with E-state index in [4.69, 9.17) is 0 Å². The van der Waals surface area contributed by atoms with Gasteiger partial charge in [0.25, 0.3) is 5.91 Å². The maximum absolute atomic E-state index is 13.3. The average Bonchev–Trinajstić information content (AvgIpc) is 3.13. The monoisotopic (exact) mass is 466 g/mol. The van der Waals surface area contributed by atoms with Gasteiger partial charge in [-0.05, 0) is 41.2 Å². The Kier molecular flexibility index (Phi) is 6.72. The van der Waals surface area contributed by atoms with Crippen molar-refractivity contribution in [1.29, 1.82) is 0 Å². The summed E-state index contributed by atoms with van der Waals surface area (Å²) in [5.74, 6) is -0.575. The van der Waals surface area contributed by atoms with Crippen LogP contribution >= 0.6 is 0 Å². The predicted octanol–water partition coefficient (Wildman–Crippen LogP) is 5.71. The van der Waals surface area contributed by atoms with Gasteiger partial charge in [-0.3, -0.25) is 9.59 Å². The molecule has 0 aromatic heterocycles. The second-order valence-electron chi connectivity index (χ2n) is 8.46. The van der Waals surface area contributed by atoms with E-state index < -0.39 is 23.7 Å². The molecule has 2 amide bonds. The molecule has 176 valence electrons. The maximum Gasteiger partial charge on any atom is 0.416 e. The molecule has 34 heavy (non-hydrogen) atoms. The molecular weight excluding hydrogens is 441 g/mol. The van der Waals surface area contributed by atoms with Gasteiger partial charge >= 0.3 is 6.18 Å². The Hall–Kier alpha value is -3.61. The topological polar surface area (TPSA) is 49.4 Å². The number of rotatable bonds is 7. The van der Waals surface area contributed by atoms with Crippen molar-refractivity contribution < 1.29 is 22.8 Å². The number of benzene rings is 3. The van der Waals surface area contributed by atoms with Gasteiger partial charge in [-0.2, -0.15) is 13.2 Å². The largest absolute Gasteiger partial charge is 0.416 e. The molecule has 3 aromatic carbocycles. The Morgan fingerprint density at radius 2 is 1.62 bits per heavy atom. The smallest absolute Gasteiger partial charge is 0.350 e. The molecule has 0 radical (unpaired) electrons. The number of carbonyl (C=O) groups excluding carboxylic acids is 2. The SMILES string of the molecule is CC(CCN1C(=O)c2ccccc2C1C(=O)NCc1ccccc1C(F)(F)F)c1ccccc1. The minimum absolute atomic E-state index is 0.0230. The molecule has 1 aliphatic heterocycles. The fourth-order valence-corrected chi connectivity index (χ4v) is 4.39. The van der Waals surface area contributed by atoms with Crippen molar-refractivity contribution in [2.45, 2.75) is 38.0 Å². The molecule has 0 spiro atoms. The van der Waals surface area contributed by atoms with Gasteiger partial charge in [-0.25, -0.2) is 0 Å². The van der Waals surface area contributed by atoms with Crippen molar-refractivity contribution in [3.05, 3.63) is 107 Å². The van der Waals surface area contributed by atoms with E-state index in [0.29, 0.717) is 24.1 Å². The van der Waals surface area contributed by atoms with Crippen LogP contribution < -0.4 is 5.32 Å². The van der Waals surface area contributed by atoms with Crippen LogP contribution in [-0.2, 0) is 17.5 Å². The highest BCUT2D eigenvalue weighted by Crippen LogP contribution is 2.35. The van der Waals surface area contributed by atoms with Gasteiger partial charge in [0.1, 0.15) is 6.04 Å². The third-order valence-electron chi connectivity index (χ3n) is 6.25. The minimum atomic E-state index is -4.52. The molecule has 0 saturated carbocycles. The van der Waals surface area contributed by atoms with Crippen molar-refractivity contribution in [2.24, 2.45) is 0 Å². The van der Waals surface area contributed by atoms with Crippen LogP contribution in [0.15, 0.2) is 78.9 Å². The number of amides is 2. The number of nitrogens with zero attached hydrogens (tertiary/aromatic N) is 1. The third-order valence-corrected chi connectivity index (χ3v) is 6.25. The van der Waals surface area contributed by atoms with E-state index in [1.807, 2.05) is 30.3 Å². The van der Waals surface area contributed by atoms with E-state index >= 15 is 0 Å². The quantitative estimate of drug-likeness (QED) is 0.485. The highest BCUT2D eigenvalue weighted by atomic mass is 19.4. The Bertz CT molecular complexity index is 1180. The van der Waals surface area contributed by atoms with Gasteiger partial charge in [-0.15, -0.1) is 0 Å². The molecule has 4 nitrogen and oxygen atoms in total. The summed E-state index contributed by atoms with van der Waals surface area (Å²) in [6, 6.07) is 21.1. The Morgan fingerprint density at radius 3 is 2.35 bits per heavy atom. The van der Waals surface area contributed by atoms with Crippen LogP contribution in [0.3, 0.4) is 0 Å². The summed E-state index contributed by atoms with van der Waals surface area (Å²) >= 11 is 0. The molecule has 0 fully saturated rings. The lowest BCUT2D eigenvalue weighted by molar-refractivity contribution is -0.138. The molecule has 0 aliphatic carbocycles. The first-order valence-electron chi connectivity index (χ1n) is 11.1. The highest BCUT2D eigenvalue weighted by Gasteiger charge is 2.41. The summed E-state index contributed by atoms with van der Waals surface area (Å²) in [7, 11) is 0. The second kappa shape index (κ2) is 9.71. The average molecular weight is 467 g/mol. The molecule has 2 atom stereocenters. The number of hydrogen-bond acceptors (Lipinski definition) is 2. The normalized spacial score (nSPS) is 16.3. The zero-order valence-electron chi connectivity index (χ0n) is 18.7. The number of carbonyl (C=O) groups is 2. The van der Waals surface area contributed by atoms with Gasteiger partial charge in [0.15, 0.2) is 0 Å². The zero-order chi connectivity index (χ0) is 24.3. The minimum Gasteiger partial charge on any atom is -0.350 e. The first-order valence-corrected chi connectivity index (χ1v) is 11.1. The molecule has 1 N–H and O–H groups in total. The maximum atomic E-state index is 13.3.